The quantitative estimate of drug-likeness (QED) is 0.877. The molecule has 0 aromatic heterocycles. The van der Waals surface area contributed by atoms with E-state index in [1.807, 2.05) is 11.9 Å². The highest BCUT2D eigenvalue weighted by molar-refractivity contribution is 5.79. The maximum atomic E-state index is 13.0. The number of halogens is 1. The Morgan fingerprint density at radius 2 is 2.39 bits per heavy atom. The number of benzene rings is 1. The summed E-state index contributed by atoms with van der Waals surface area (Å²) in [6.07, 6.45) is 1.35. The van der Waals surface area contributed by atoms with Crippen molar-refractivity contribution in [3.05, 3.63) is 35.6 Å². The Morgan fingerprint density at radius 3 is 3.11 bits per heavy atom. The van der Waals surface area contributed by atoms with Crippen molar-refractivity contribution in [1.82, 2.24) is 10.2 Å². The molecule has 0 aliphatic carbocycles. The zero-order valence-electron chi connectivity index (χ0n) is 10.7. The number of likely N-dealkylation sites (tertiary alicyclic amines) is 1. The molecule has 1 N–H and O–H groups in total. The summed E-state index contributed by atoms with van der Waals surface area (Å²) in [5.74, 6) is 0.362. The van der Waals surface area contributed by atoms with Crippen LogP contribution in [-0.2, 0) is 11.2 Å². The molecule has 0 spiro atoms. The second kappa shape index (κ2) is 5.96. The van der Waals surface area contributed by atoms with Gasteiger partial charge >= 0.3 is 0 Å². The van der Waals surface area contributed by atoms with Gasteiger partial charge in [0.05, 0.1) is 6.42 Å². The van der Waals surface area contributed by atoms with Crippen LogP contribution in [0.5, 0.6) is 0 Å². The van der Waals surface area contributed by atoms with Crippen molar-refractivity contribution in [2.24, 2.45) is 5.92 Å². The summed E-state index contributed by atoms with van der Waals surface area (Å²) in [7, 11) is 1.93. The number of carbonyl (C=O) groups is 1. The first-order valence-electron chi connectivity index (χ1n) is 6.36. The number of hydrogen-bond donors (Lipinski definition) is 1. The minimum Gasteiger partial charge on any atom is -0.342 e. The van der Waals surface area contributed by atoms with E-state index in [4.69, 9.17) is 0 Å². The van der Waals surface area contributed by atoms with Gasteiger partial charge < -0.3 is 10.2 Å². The predicted molar refractivity (Wildman–Crippen MR) is 68.7 cm³/mol. The van der Waals surface area contributed by atoms with Crippen LogP contribution in [0.25, 0.3) is 0 Å². The van der Waals surface area contributed by atoms with Gasteiger partial charge in [-0.3, -0.25) is 4.79 Å². The van der Waals surface area contributed by atoms with Crippen LogP contribution in [0.3, 0.4) is 0 Å². The third-order valence-corrected chi connectivity index (χ3v) is 3.38. The van der Waals surface area contributed by atoms with Gasteiger partial charge in [0, 0.05) is 13.1 Å². The molecular formula is C14H19FN2O. The largest absolute Gasteiger partial charge is 0.342 e. The lowest BCUT2D eigenvalue weighted by atomic mass is 10.1. The minimum atomic E-state index is -0.283. The van der Waals surface area contributed by atoms with Gasteiger partial charge in [-0.15, -0.1) is 0 Å². The fourth-order valence-electron chi connectivity index (χ4n) is 2.45. The van der Waals surface area contributed by atoms with E-state index in [1.165, 1.54) is 12.1 Å². The van der Waals surface area contributed by atoms with E-state index in [-0.39, 0.29) is 11.7 Å². The maximum Gasteiger partial charge on any atom is 0.227 e. The van der Waals surface area contributed by atoms with E-state index in [0.29, 0.717) is 12.3 Å². The van der Waals surface area contributed by atoms with Crippen LogP contribution in [0.15, 0.2) is 24.3 Å². The highest BCUT2D eigenvalue weighted by Crippen LogP contribution is 2.17. The van der Waals surface area contributed by atoms with Gasteiger partial charge in [-0.05, 0) is 43.6 Å². The van der Waals surface area contributed by atoms with Gasteiger partial charge in [0.1, 0.15) is 5.82 Å². The fraction of sp³-hybridized carbons (Fsp3) is 0.500. The summed E-state index contributed by atoms with van der Waals surface area (Å²) in [6.45, 7) is 2.58. The zero-order valence-corrected chi connectivity index (χ0v) is 10.7. The average molecular weight is 250 g/mol. The van der Waals surface area contributed by atoms with E-state index in [9.17, 15) is 9.18 Å². The molecule has 1 aliphatic rings. The van der Waals surface area contributed by atoms with Crippen LogP contribution in [0, 0.1) is 11.7 Å². The van der Waals surface area contributed by atoms with Gasteiger partial charge in [0.2, 0.25) is 5.91 Å². The standard InChI is InChI=1S/C14H19FN2O/c1-16-9-12-5-6-17(10-12)14(18)8-11-3-2-4-13(15)7-11/h2-4,7,12,16H,5-6,8-10H2,1H3. The fourth-order valence-corrected chi connectivity index (χ4v) is 2.45. The van der Waals surface area contributed by atoms with Gasteiger partial charge in [0.15, 0.2) is 0 Å². The Bertz CT molecular complexity index is 422. The van der Waals surface area contributed by atoms with Crippen molar-refractivity contribution in [3.63, 3.8) is 0 Å². The monoisotopic (exact) mass is 250 g/mol. The molecule has 98 valence electrons. The highest BCUT2D eigenvalue weighted by Gasteiger charge is 2.25. The van der Waals surface area contributed by atoms with Crippen molar-refractivity contribution < 1.29 is 9.18 Å². The van der Waals surface area contributed by atoms with Crippen molar-refractivity contribution in [2.45, 2.75) is 12.8 Å². The number of carbonyl (C=O) groups excluding carboxylic acids is 1. The lowest BCUT2D eigenvalue weighted by molar-refractivity contribution is -0.129. The van der Waals surface area contributed by atoms with Crippen LogP contribution in [0.2, 0.25) is 0 Å². The van der Waals surface area contributed by atoms with E-state index >= 15 is 0 Å². The van der Waals surface area contributed by atoms with Crippen molar-refractivity contribution in [3.8, 4) is 0 Å². The molecule has 1 aromatic carbocycles. The first-order valence-corrected chi connectivity index (χ1v) is 6.36. The molecule has 4 heteroatoms. The topological polar surface area (TPSA) is 32.3 Å². The van der Waals surface area contributed by atoms with Crippen LogP contribution in [-0.4, -0.2) is 37.5 Å². The molecule has 1 fully saturated rings. The van der Waals surface area contributed by atoms with Gasteiger partial charge in [-0.2, -0.15) is 0 Å². The van der Waals surface area contributed by atoms with Gasteiger partial charge in [-0.1, -0.05) is 12.1 Å². The van der Waals surface area contributed by atoms with Crippen molar-refractivity contribution in [1.29, 1.82) is 0 Å². The second-order valence-electron chi connectivity index (χ2n) is 4.86. The molecule has 18 heavy (non-hydrogen) atoms. The van der Waals surface area contributed by atoms with Gasteiger partial charge in [0.25, 0.3) is 0 Å². The third-order valence-electron chi connectivity index (χ3n) is 3.38. The molecular weight excluding hydrogens is 231 g/mol. The summed E-state index contributed by atoms with van der Waals surface area (Å²) in [4.78, 5) is 13.9. The number of nitrogens with one attached hydrogen (secondary N) is 1. The molecule has 3 nitrogen and oxygen atoms in total. The highest BCUT2D eigenvalue weighted by atomic mass is 19.1. The SMILES string of the molecule is CNCC1CCN(C(=O)Cc2cccc(F)c2)C1. The average Bonchev–Trinajstić information content (AvgIpc) is 2.78. The molecule has 1 saturated heterocycles. The Balaban J connectivity index is 1.89. The number of nitrogens with zero attached hydrogens (tertiary/aromatic N) is 1. The normalized spacial score (nSPS) is 19.2. The lowest BCUT2D eigenvalue weighted by Gasteiger charge is -2.16. The Kier molecular flexibility index (Phi) is 4.31. The summed E-state index contributed by atoms with van der Waals surface area (Å²) in [5, 5.41) is 3.14. The van der Waals surface area contributed by atoms with Crippen LogP contribution in [0.4, 0.5) is 4.39 Å². The molecule has 1 aliphatic heterocycles. The summed E-state index contributed by atoms with van der Waals surface area (Å²) in [5.41, 5.74) is 0.747. The van der Waals surface area contributed by atoms with E-state index < -0.39 is 0 Å². The van der Waals surface area contributed by atoms with Gasteiger partial charge in [-0.25, -0.2) is 4.39 Å². The van der Waals surface area contributed by atoms with E-state index in [2.05, 4.69) is 5.32 Å². The van der Waals surface area contributed by atoms with E-state index in [0.717, 1.165) is 31.6 Å². The third kappa shape index (κ3) is 3.29. The number of amides is 1. The molecule has 1 aromatic rings. The molecule has 1 heterocycles. The minimum absolute atomic E-state index is 0.0965. The Morgan fingerprint density at radius 1 is 1.56 bits per heavy atom. The Labute approximate surface area is 107 Å². The van der Waals surface area contributed by atoms with Crippen molar-refractivity contribution >= 4 is 5.91 Å². The molecule has 1 unspecified atom stereocenters. The molecule has 2 rings (SSSR count). The predicted octanol–water partition coefficient (Wildman–Crippen LogP) is 1.44. The summed E-state index contributed by atoms with van der Waals surface area (Å²) in [6, 6.07) is 6.26. The number of rotatable bonds is 4. The molecule has 0 bridgehead atoms. The summed E-state index contributed by atoms with van der Waals surface area (Å²) < 4.78 is 13.0. The molecule has 1 atom stereocenters. The van der Waals surface area contributed by atoms with Crippen LogP contribution < -0.4 is 5.32 Å². The first-order chi connectivity index (χ1) is 8.69. The van der Waals surface area contributed by atoms with Crippen LogP contribution >= 0.6 is 0 Å². The first kappa shape index (κ1) is 13.0. The zero-order chi connectivity index (χ0) is 13.0. The van der Waals surface area contributed by atoms with Crippen molar-refractivity contribution in [2.75, 3.05) is 26.7 Å². The lowest BCUT2D eigenvalue weighted by Crippen LogP contribution is -2.31. The summed E-state index contributed by atoms with van der Waals surface area (Å²) >= 11 is 0. The Hall–Kier alpha value is -1.42. The smallest absolute Gasteiger partial charge is 0.227 e. The number of hydrogen-bond acceptors (Lipinski definition) is 2. The van der Waals surface area contributed by atoms with Crippen LogP contribution in [0.1, 0.15) is 12.0 Å². The maximum absolute atomic E-state index is 13.0. The molecule has 0 saturated carbocycles. The molecule has 0 radical (unpaired) electrons. The van der Waals surface area contributed by atoms with E-state index in [1.54, 1.807) is 12.1 Å². The molecule has 1 amide bonds. The second-order valence-corrected chi connectivity index (χ2v) is 4.86.